The fraction of sp³-hybridized carbons (Fsp3) is 0.400. The average molecular weight is 566 g/mol. The summed E-state index contributed by atoms with van der Waals surface area (Å²) in [4.78, 5) is 19.9. The number of hydrogen-bond donors (Lipinski definition) is 1. The van der Waals surface area contributed by atoms with Gasteiger partial charge in [-0.25, -0.2) is 0 Å². The highest BCUT2D eigenvalue weighted by molar-refractivity contribution is 9.19. The molecule has 0 radical (unpaired) electrons. The molecule has 0 aliphatic carbocycles. The van der Waals surface area contributed by atoms with Crippen molar-refractivity contribution < 1.29 is 43.4 Å². The van der Waals surface area contributed by atoms with Crippen LogP contribution in [0, 0.1) is 0 Å². The van der Waals surface area contributed by atoms with Crippen molar-refractivity contribution in [1.82, 2.24) is 0 Å². The normalized spacial score (nSPS) is 7.11. The minimum atomic E-state index is -0.259. The second kappa shape index (κ2) is 26.3. The van der Waals surface area contributed by atoms with E-state index in [0.29, 0.717) is 11.9 Å². The predicted octanol–water partition coefficient (Wildman–Crippen LogP) is -0.418. The van der Waals surface area contributed by atoms with Crippen molar-refractivity contribution in [3.05, 3.63) is 25.3 Å². The van der Waals surface area contributed by atoms with Gasteiger partial charge in [0, 0.05) is 0 Å². The number of alkyl halides is 2. The van der Waals surface area contributed by atoms with E-state index in [1.165, 1.54) is 12.2 Å². The van der Waals surface area contributed by atoms with E-state index >= 15 is 0 Å². The minimum absolute atomic E-state index is 0. The third kappa shape index (κ3) is 43.7. The molecule has 0 bridgehead atoms. The molecule has 0 aromatic heterocycles. The molecule has 8 heteroatoms. The van der Waals surface area contributed by atoms with Gasteiger partial charge in [-0.1, -0.05) is 50.6 Å². The van der Waals surface area contributed by atoms with Crippen LogP contribution in [0.5, 0.6) is 0 Å². The summed E-state index contributed by atoms with van der Waals surface area (Å²) in [5, 5.41) is 8.40. The summed E-state index contributed by atoms with van der Waals surface area (Å²) in [7, 11) is 0. The number of rotatable bonds is 5. The zero-order valence-corrected chi connectivity index (χ0v) is 16.5. The molecule has 0 fully saturated rings. The van der Waals surface area contributed by atoms with Gasteiger partial charge in [0.05, 0.1) is 11.9 Å². The van der Waals surface area contributed by atoms with E-state index in [2.05, 4.69) is 65.7 Å². The monoisotopic (exact) mass is 563 g/mol. The van der Waals surface area contributed by atoms with Crippen molar-refractivity contribution in [1.29, 1.82) is 0 Å². The van der Waals surface area contributed by atoms with Crippen molar-refractivity contribution in [2.24, 2.45) is 0 Å². The Morgan fingerprint density at radius 2 is 1.56 bits per heavy atom. The van der Waals surface area contributed by atoms with Crippen LogP contribution in [0.15, 0.2) is 25.3 Å². The van der Waals surface area contributed by atoms with Crippen LogP contribution in [0.25, 0.3) is 0 Å². The maximum atomic E-state index is 10.3. The highest BCUT2D eigenvalue weighted by Crippen LogP contribution is 1.87. The van der Waals surface area contributed by atoms with Gasteiger partial charge in [-0.05, 0) is 15.9 Å². The second-order valence-corrected chi connectivity index (χ2v) is 4.07. The number of aliphatic hydroxyl groups is 1. The highest BCUT2D eigenvalue weighted by Gasteiger charge is 1.93. The van der Waals surface area contributed by atoms with Gasteiger partial charge in [0.25, 0.3) is 0 Å². The van der Waals surface area contributed by atoms with Crippen molar-refractivity contribution in [2.75, 3.05) is 23.9 Å². The quantitative estimate of drug-likeness (QED) is 0.162. The topological polar surface area (TPSA) is 63.6 Å². The van der Waals surface area contributed by atoms with E-state index in [1.54, 1.807) is 0 Å². The number of esters is 1. The lowest BCUT2D eigenvalue weighted by Crippen LogP contribution is -3.00. The van der Waals surface area contributed by atoms with Crippen LogP contribution in [0.2, 0.25) is 0 Å². The number of aliphatic hydroxyl groups excluding tert-OH is 1. The summed E-state index contributed by atoms with van der Waals surface area (Å²) in [6.45, 7) is 6.98. The first kappa shape index (κ1) is 27.2. The zero-order valence-electron chi connectivity index (χ0n) is 9.58. The lowest BCUT2D eigenvalue weighted by molar-refractivity contribution is -0.139. The number of carbonyl (C=O) groups is 2. The molecule has 0 aromatic carbocycles. The Labute approximate surface area is 150 Å². The van der Waals surface area contributed by atoms with E-state index in [-0.39, 0.29) is 46.6 Å². The molecule has 0 saturated heterocycles. The molecule has 0 amide bonds. The molecule has 0 aromatic rings. The Balaban J connectivity index is -0.0000000855. The van der Waals surface area contributed by atoms with Gasteiger partial charge >= 0.3 is 5.97 Å². The smallest absolute Gasteiger partial charge is 0.316 e. The van der Waals surface area contributed by atoms with E-state index in [0.717, 1.165) is 0 Å². The van der Waals surface area contributed by atoms with Gasteiger partial charge in [0.15, 0.2) is 0 Å². The Morgan fingerprint density at radius 1 is 1.17 bits per heavy atom. The molecule has 1 N–H and O–H groups in total. The fourth-order valence-corrected chi connectivity index (χ4v) is 0.352. The van der Waals surface area contributed by atoms with E-state index < -0.39 is 0 Å². The molecule has 0 aliphatic heterocycles. The Hall–Kier alpha value is 0.750. The molecule has 0 heterocycles. The average Bonchev–Trinajstić information content (AvgIpc) is 2.36. The maximum Gasteiger partial charge on any atom is 0.316 e. The first-order valence-corrected chi connectivity index (χ1v) is 7.32. The molecule has 0 saturated carbocycles. The van der Waals surface area contributed by atoms with Gasteiger partial charge in [-0.2, -0.15) is 0 Å². The van der Waals surface area contributed by atoms with Gasteiger partial charge < -0.3 is 33.8 Å². The first-order valence-electron chi connectivity index (χ1n) is 4.28. The van der Waals surface area contributed by atoms with Crippen LogP contribution in [0.1, 0.15) is 0 Å². The van der Waals surface area contributed by atoms with Gasteiger partial charge in [0.2, 0.25) is 4.69 Å². The molecule has 0 aliphatic rings. The van der Waals surface area contributed by atoms with Crippen molar-refractivity contribution in [3.63, 3.8) is 0 Å². The van der Waals surface area contributed by atoms with Gasteiger partial charge in [0.1, 0.15) is 11.9 Å². The zero-order chi connectivity index (χ0) is 14.1. The van der Waals surface area contributed by atoms with Crippen LogP contribution in [-0.4, -0.2) is 39.6 Å². The summed E-state index contributed by atoms with van der Waals surface area (Å²) in [6, 6.07) is 0. The summed E-state index contributed by atoms with van der Waals surface area (Å²) >= 11 is 8.54. The number of halogens is 4. The van der Waals surface area contributed by atoms with Crippen LogP contribution in [0.3, 0.4) is 0 Å². The summed E-state index contributed by atoms with van der Waals surface area (Å²) in [5.41, 5.74) is 0. The molecule has 0 unspecified atom stereocenters. The van der Waals surface area contributed by atoms with E-state index in [9.17, 15) is 9.59 Å². The van der Waals surface area contributed by atoms with E-state index in [1.807, 2.05) is 0 Å². The van der Waals surface area contributed by atoms with Crippen LogP contribution >= 0.6 is 47.8 Å². The number of hydrogen-bond acceptors (Lipinski definition) is 4. The second-order valence-electron chi connectivity index (χ2n) is 2.07. The fourth-order valence-electron chi connectivity index (χ4n) is 0.190. The van der Waals surface area contributed by atoms with Crippen molar-refractivity contribution >= 4 is 58.5 Å². The summed E-state index contributed by atoms with van der Waals surface area (Å²) in [6.07, 6.45) is 2.96. The predicted molar refractivity (Wildman–Crippen MR) is 80.0 cm³/mol. The maximum absolute atomic E-state index is 10.3. The van der Waals surface area contributed by atoms with Gasteiger partial charge in [-0.3, -0.25) is 9.59 Å². The Bertz CT molecular complexity index is 225. The third-order valence-corrected chi connectivity index (χ3v) is 2.71. The molecule has 0 spiro atoms. The standard InChI is InChI=1S/C5H7BrO2.C3H6O.C2H2Br2O.HI/c1-2-3-8-5(7)4-6;1-2-3-4;3-1-2(4)5;/h2H,1,3-4H2;2,4H,1,3H2;1H2;1H/p-1. The van der Waals surface area contributed by atoms with Crippen LogP contribution in [0.4, 0.5) is 0 Å². The number of ether oxygens (including phenoxy) is 1. The minimum Gasteiger partial charge on any atom is -1.00 e. The molecular formula is C10H15Br3IO4-. The molecule has 4 nitrogen and oxygen atoms in total. The Morgan fingerprint density at radius 3 is 1.72 bits per heavy atom. The summed E-state index contributed by atoms with van der Waals surface area (Å²) < 4.78 is 4.52. The molecule has 0 rings (SSSR count). The first-order chi connectivity index (χ1) is 7.99. The molecule has 18 heavy (non-hydrogen) atoms. The third-order valence-electron chi connectivity index (χ3n) is 0.705. The molecular weight excluding hydrogens is 551 g/mol. The molecule has 108 valence electrons. The van der Waals surface area contributed by atoms with Crippen LogP contribution in [-0.2, 0) is 14.3 Å². The van der Waals surface area contributed by atoms with Crippen LogP contribution < -0.4 is 24.0 Å². The molecule has 0 atom stereocenters. The van der Waals surface area contributed by atoms with Gasteiger partial charge in [-0.15, -0.1) is 6.58 Å². The highest BCUT2D eigenvalue weighted by atomic mass is 127. The van der Waals surface area contributed by atoms with Crippen molar-refractivity contribution in [3.8, 4) is 0 Å². The number of carbonyl (C=O) groups excluding carboxylic acids is 2. The van der Waals surface area contributed by atoms with E-state index in [4.69, 9.17) is 5.11 Å². The Kier molecular flexibility index (Phi) is 39.7. The lowest BCUT2D eigenvalue weighted by Gasteiger charge is -1.94. The summed E-state index contributed by atoms with van der Waals surface area (Å²) in [5.74, 6) is -0.259. The largest absolute Gasteiger partial charge is 1.00 e. The lowest BCUT2D eigenvalue weighted by atomic mass is 10.7. The SMILES string of the molecule is C=CCO.C=CCOC(=O)CBr.O=C(Br)CBr.[I-]. The van der Waals surface area contributed by atoms with Crippen molar-refractivity contribution in [2.45, 2.75) is 0 Å².